The molecule has 2 N–H and O–H groups in total. The minimum absolute atomic E-state index is 0.0582. The molecule has 0 spiro atoms. The number of piperidine rings is 1. The van der Waals surface area contributed by atoms with Crippen molar-refractivity contribution in [2.45, 2.75) is 37.7 Å². The van der Waals surface area contributed by atoms with Crippen LogP contribution in [0.1, 0.15) is 25.3 Å². The highest BCUT2D eigenvalue weighted by molar-refractivity contribution is 7.89. The summed E-state index contributed by atoms with van der Waals surface area (Å²) in [5.41, 5.74) is 5.79. The van der Waals surface area contributed by atoms with Crippen LogP contribution in [-0.4, -0.2) is 38.5 Å². The molecule has 1 heterocycles. The Balaban J connectivity index is 2.34. The predicted molar refractivity (Wildman–Crippen MR) is 79.0 cm³/mol. The number of nitrogens with zero attached hydrogens (tertiary/aromatic N) is 1. The first-order valence-electron chi connectivity index (χ1n) is 7.03. The summed E-state index contributed by atoms with van der Waals surface area (Å²) < 4.78 is 46.0. The van der Waals surface area contributed by atoms with Gasteiger partial charge in [0, 0.05) is 30.9 Å². The van der Waals surface area contributed by atoms with Crippen LogP contribution in [0.4, 0.5) is 10.1 Å². The molecule has 1 atom stereocenters. The van der Waals surface area contributed by atoms with Crippen molar-refractivity contribution in [3.63, 3.8) is 0 Å². The minimum atomic E-state index is -3.76. The van der Waals surface area contributed by atoms with Crippen molar-refractivity contribution in [2.24, 2.45) is 0 Å². The number of ether oxygens (including phenoxy) is 1. The maximum atomic E-state index is 13.7. The zero-order valence-electron chi connectivity index (χ0n) is 12.3. The van der Waals surface area contributed by atoms with Crippen molar-refractivity contribution in [1.82, 2.24) is 4.31 Å². The Hall–Kier alpha value is -1.18. The van der Waals surface area contributed by atoms with E-state index in [1.54, 1.807) is 0 Å². The van der Waals surface area contributed by atoms with Gasteiger partial charge in [-0.1, -0.05) is 0 Å². The van der Waals surface area contributed by atoms with E-state index in [9.17, 15) is 12.8 Å². The largest absolute Gasteiger partial charge is 0.399 e. The van der Waals surface area contributed by atoms with Gasteiger partial charge in [0.15, 0.2) is 0 Å². The molecule has 1 aromatic rings. The molecule has 1 aromatic carbocycles. The lowest BCUT2D eigenvalue weighted by atomic mass is 10.1. The number of hydrogen-bond acceptors (Lipinski definition) is 4. The molecule has 118 valence electrons. The number of rotatable bonds is 4. The van der Waals surface area contributed by atoms with Crippen molar-refractivity contribution >= 4 is 15.7 Å². The van der Waals surface area contributed by atoms with Gasteiger partial charge >= 0.3 is 0 Å². The molecule has 1 aliphatic heterocycles. The third-order valence-corrected chi connectivity index (χ3v) is 5.67. The van der Waals surface area contributed by atoms with Gasteiger partial charge < -0.3 is 10.5 Å². The van der Waals surface area contributed by atoms with Gasteiger partial charge in [-0.15, -0.1) is 0 Å². The lowest BCUT2D eigenvalue weighted by Gasteiger charge is -2.32. The number of benzene rings is 1. The third kappa shape index (κ3) is 3.36. The van der Waals surface area contributed by atoms with Crippen LogP contribution >= 0.6 is 0 Å². The normalized spacial score (nSPS) is 20.6. The SMILES string of the molecule is CCOC1CCCN(S(=O)(=O)c2cc(N)cc(F)c2C)C1. The fourth-order valence-electron chi connectivity index (χ4n) is 2.58. The maximum absolute atomic E-state index is 13.7. The Morgan fingerprint density at radius 3 is 2.86 bits per heavy atom. The Kier molecular flexibility index (Phi) is 4.85. The summed E-state index contributed by atoms with van der Waals surface area (Å²) >= 11 is 0. The van der Waals surface area contributed by atoms with Gasteiger partial charge in [0.05, 0.1) is 11.0 Å². The molecule has 0 saturated carbocycles. The number of hydrogen-bond donors (Lipinski definition) is 1. The molecular formula is C14H21FN2O3S. The molecule has 1 saturated heterocycles. The monoisotopic (exact) mass is 316 g/mol. The van der Waals surface area contributed by atoms with Gasteiger partial charge in [-0.05, 0) is 38.8 Å². The topological polar surface area (TPSA) is 72.6 Å². The van der Waals surface area contributed by atoms with E-state index in [4.69, 9.17) is 10.5 Å². The average molecular weight is 316 g/mol. The molecule has 1 aliphatic rings. The molecule has 1 fully saturated rings. The Morgan fingerprint density at radius 2 is 2.19 bits per heavy atom. The van der Waals surface area contributed by atoms with Crippen LogP contribution in [0.5, 0.6) is 0 Å². The second-order valence-corrected chi connectivity index (χ2v) is 7.11. The highest BCUT2D eigenvalue weighted by Gasteiger charge is 2.32. The van der Waals surface area contributed by atoms with E-state index in [0.717, 1.165) is 18.9 Å². The van der Waals surface area contributed by atoms with Gasteiger partial charge in [-0.2, -0.15) is 4.31 Å². The predicted octanol–water partition coefficient (Wildman–Crippen LogP) is 1.91. The van der Waals surface area contributed by atoms with Crippen LogP contribution in [0.25, 0.3) is 0 Å². The van der Waals surface area contributed by atoms with Gasteiger partial charge in [-0.3, -0.25) is 0 Å². The summed E-state index contributed by atoms with van der Waals surface area (Å²) in [6.07, 6.45) is 1.46. The molecule has 5 nitrogen and oxygen atoms in total. The van der Waals surface area contributed by atoms with Crippen LogP contribution in [0.3, 0.4) is 0 Å². The Labute approximate surface area is 124 Å². The van der Waals surface area contributed by atoms with Gasteiger partial charge in [0.1, 0.15) is 5.82 Å². The van der Waals surface area contributed by atoms with Crippen LogP contribution in [0.15, 0.2) is 17.0 Å². The van der Waals surface area contributed by atoms with Crippen LogP contribution in [0.2, 0.25) is 0 Å². The molecule has 2 rings (SSSR count). The molecule has 0 aromatic heterocycles. The van der Waals surface area contributed by atoms with Crippen LogP contribution in [-0.2, 0) is 14.8 Å². The quantitative estimate of drug-likeness (QED) is 0.861. The van der Waals surface area contributed by atoms with Crippen molar-refractivity contribution in [1.29, 1.82) is 0 Å². The third-order valence-electron chi connectivity index (χ3n) is 3.68. The van der Waals surface area contributed by atoms with Crippen molar-refractivity contribution in [3.05, 3.63) is 23.5 Å². The standard InChI is InChI=1S/C14H21FN2O3S/c1-3-20-12-5-4-6-17(9-12)21(18,19)14-8-11(16)7-13(15)10(14)2/h7-8,12H,3-6,9,16H2,1-2H3. The second kappa shape index (κ2) is 6.29. The number of nitrogen functional groups attached to an aromatic ring is 1. The molecule has 21 heavy (non-hydrogen) atoms. The summed E-state index contributed by atoms with van der Waals surface area (Å²) in [6, 6.07) is 2.45. The lowest BCUT2D eigenvalue weighted by Crippen LogP contribution is -2.43. The summed E-state index contributed by atoms with van der Waals surface area (Å²) in [5, 5.41) is 0. The van der Waals surface area contributed by atoms with Gasteiger partial charge in [0.25, 0.3) is 0 Å². The van der Waals surface area contributed by atoms with Crippen LogP contribution in [0, 0.1) is 12.7 Å². The Bertz CT molecular complexity index is 617. The van der Waals surface area contributed by atoms with Crippen molar-refractivity contribution in [3.8, 4) is 0 Å². The zero-order chi connectivity index (χ0) is 15.6. The van der Waals surface area contributed by atoms with E-state index in [1.807, 2.05) is 6.92 Å². The minimum Gasteiger partial charge on any atom is -0.399 e. The molecule has 1 unspecified atom stereocenters. The number of halogens is 1. The van der Waals surface area contributed by atoms with Crippen molar-refractivity contribution < 1.29 is 17.5 Å². The first kappa shape index (κ1) is 16.2. The summed E-state index contributed by atoms with van der Waals surface area (Å²) in [5.74, 6) is -0.605. The molecule has 7 heteroatoms. The lowest BCUT2D eigenvalue weighted by molar-refractivity contribution is 0.0265. The number of sulfonamides is 1. The highest BCUT2D eigenvalue weighted by atomic mass is 32.2. The molecule has 0 bridgehead atoms. The summed E-state index contributed by atoms with van der Waals surface area (Å²) in [4.78, 5) is -0.0582. The van der Waals surface area contributed by atoms with E-state index in [1.165, 1.54) is 17.3 Å². The van der Waals surface area contributed by atoms with Gasteiger partial charge in [0.2, 0.25) is 10.0 Å². The fourth-order valence-corrected chi connectivity index (χ4v) is 4.36. The molecule has 0 amide bonds. The highest BCUT2D eigenvalue weighted by Crippen LogP contribution is 2.27. The van der Waals surface area contributed by atoms with Crippen molar-refractivity contribution in [2.75, 3.05) is 25.4 Å². The number of anilines is 1. The van der Waals surface area contributed by atoms with Gasteiger partial charge in [-0.25, -0.2) is 12.8 Å². The van der Waals surface area contributed by atoms with E-state index in [0.29, 0.717) is 19.7 Å². The smallest absolute Gasteiger partial charge is 0.243 e. The maximum Gasteiger partial charge on any atom is 0.243 e. The fraction of sp³-hybridized carbons (Fsp3) is 0.571. The van der Waals surface area contributed by atoms with E-state index in [-0.39, 0.29) is 22.3 Å². The molecule has 0 aliphatic carbocycles. The van der Waals surface area contributed by atoms with E-state index in [2.05, 4.69) is 0 Å². The first-order valence-corrected chi connectivity index (χ1v) is 8.47. The van der Waals surface area contributed by atoms with E-state index < -0.39 is 15.8 Å². The summed E-state index contributed by atoms with van der Waals surface area (Å²) in [6.45, 7) is 4.59. The first-order chi connectivity index (χ1) is 9.86. The Morgan fingerprint density at radius 1 is 1.48 bits per heavy atom. The molecular weight excluding hydrogens is 295 g/mol. The second-order valence-electron chi connectivity index (χ2n) is 5.21. The van der Waals surface area contributed by atoms with E-state index >= 15 is 0 Å². The average Bonchev–Trinajstić information content (AvgIpc) is 2.43. The zero-order valence-corrected chi connectivity index (χ0v) is 13.1. The molecule has 0 radical (unpaired) electrons. The number of nitrogens with two attached hydrogens (primary N) is 1. The summed E-state index contributed by atoms with van der Waals surface area (Å²) in [7, 11) is -3.76. The van der Waals surface area contributed by atoms with Crippen LogP contribution < -0.4 is 5.73 Å².